The minimum atomic E-state index is -3.48. The van der Waals surface area contributed by atoms with E-state index in [0.29, 0.717) is 68.5 Å². The highest BCUT2D eigenvalue weighted by molar-refractivity contribution is 7.92. The summed E-state index contributed by atoms with van der Waals surface area (Å²) in [6.07, 6.45) is 6.36. The zero-order valence-corrected chi connectivity index (χ0v) is 18.9. The molecule has 0 radical (unpaired) electrons. The minimum Gasteiger partial charge on any atom is -0.355 e. The fourth-order valence-electron chi connectivity index (χ4n) is 4.56. The molecular formula is C24H29N3O4S. The maximum atomic E-state index is 13.2. The van der Waals surface area contributed by atoms with Crippen LogP contribution in [0.4, 0.5) is 5.69 Å². The fourth-order valence-corrected chi connectivity index (χ4v) is 6.40. The lowest BCUT2D eigenvalue weighted by Crippen LogP contribution is -2.37. The molecule has 2 heterocycles. The van der Waals surface area contributed by atoms with E-state index in [9.17, 15) is 18.0 Å². The van der Waals surface area contributed by atoms with Crippen LogP contribution in [0.2, 0.25) is 0 Å². The normalized spacial score (nSPS) is 21.2. The van der Waals surface area contributed by atoms with Crippen molar-refractivity contribution in [2.24, 2.45) is 5.92 Å². The molecule has 1 aromatic carbocycles. The van der Waals surface area contributed by atoms with E-state index in [1.54, 1.807) is 24.4 Å². The van der Waals surface area contributed by atoms with Crippen LogP contribution >= 0.6 is 0 Å². The van der Waals surface area contributed by atoms with Gasteiger partial charge in [-0.2, -0.15) is 0 Å². The van der Waals surface area contributed by atoms with Gasteiger partial charge in [0.05, 0.1) is 10.1 Å². The van der Waals surface area contributed by atoms with Crippen LogP contribution in [0.15, 0.2) is 47.5 Å². The molecule has 1 fully saturated rings. The molecule has 2 aliphatic rings. The van der Waals surface area contributed by atoms with E-state index in [2.05, 4.69) is 15.6 Å². The van der Waals surface area contributed by atoms with E-state index < -0.39 is 15.1 Å². The van der Waals surface area contributed by atoms with Crippen LogP contribution in [0.5, 0.6) is 0 Å². The van der Waals surface area contributed by atoms with Crippen molar-refractivity contribution in [1.29, 1.82) is 0 Å². The Bertz CT molecular complexity index is 1080. The third-order valence-electron chi connectivity index (χ3n) is 6.42. The Labute approximate surface area is 188 Å². The molecule has 4 rings (SSSR count). The number of carbonyl (C=O) groups excluding carboxylic acids is 2. The molecule has 7 nitrogen and oxygen atoms in total. The van der Waals surface area contributed by atoms with E-state index in [1.165, 1.54) is 0 Å². The van der Waals surface area contributed by atoms with Gasteiger partial charge in [0.1, 0.15) is 0 Å². The molecule has 32 heavy (non-hydrogen) atoms. The van der Waals surface area contributed by atoms with Crippen molar-refractivity contribution in [3.05, 3.63) is 53.9 Å². The number of hydrogen-bond acceptors (Lipinski definition) is 5. The van der Waals surface area contributed by atoms with Gasteiger partial charge in [0.2, 0.25) is 11.8 Å². The summed E-state index contributed by atoms with van der Waals surface area (Å²) >= 11 is 0. The molecule has 0 atom stereocenters. The number of anilines is 1. The van der Waals surface area contributed by atoms with E-state index >= 15 is 0 Å². The predicted molar refractivity (Wildman–Crippen MR) is 122 cm³/mol. The molecule has 0 saturated heterocycles. The van der Waals surface area contributed by atoms with Gasteiger partial charge in [-0.3, -0.25) is 14.6 Å². The van der Waals surface area contributed by atoms with E-state index in [1.807, 2.05) is 18.2 Å². The highest BCUT2D eigenvalue weighted by Gasteiger charge is 2.34. The van der Waals surface area contributed by atoms with Crippen molar-refractivity contribution in [2.45, 2.75) is 61.5 Å². The van der Waals surface area contributed by atoms with Gasteiger partial charge in [-0.25, -0.2) is 8.42 Å². The highest BCUT2D eigenvalue weighted by Crippen LogP contribution is 2.34. The lowest BCUT2D eigenvalue weighted by atomic mass is 9.88. The first-order chi connectivity index (χ1) is 15.4. The zero-order chi connectivity index (χ0) is 22.6. The Morgan fingerprint density at radius 3 is 2.66 bits per heavy atom. The van der Waals surface area contributed by atoms with Gasteiger partial charge < -0.3 is 10.6 Å². The van der Waals surface area contributed by atoms with Crippen LogP contribution < -0.4 is 10.6 Å². The average Bonchev–Trinajstić information content (AvgIpc) is 2.99. The lowest BCUT2D eigenvalue weighted by molar-refractivity contribution is -0.125. The van der Waals surface area contributed by atoms with Crippen molar-refractivity contribution < 1.29 is 18.0 Å². The van der Waals surface area contributed by atoms with Crippen LogP contribution in [0.1, 0.15) is 49.8 Å². The van der Waals surface area contributed by atoms with Crippen LogP contribution in [-0.4, -0.2) is 37.0 Å². The molecule has 1 aliphatic carbocycles. The summed E-state index contributed by atoms with van der Waals surface area (Å²) in [4.78, 5) is 28.8. The van der Waals surface area contributed by atoms with E-state index in [0.717, 1.165) is 11.3 Å². The molecule has 2 aromatic rings. The molecule has 8 heteroatoms. The lowest BCUT2D eigenvalue weighted by Gasteiger charge is -2.28. The molecule has 2 N–H and O–H groups in total. The number of carbonyl (C=O) groups is 2. The van der Waals surface area contributed by atoms with Crippen molar-refractivity contribution >= 4 is 27.3 Å². The van der Waals surface area contributed by atoms with Gasteiger partial charge in [-0.1, -0.05) is 6.07 Å². The average molecular weight is 456 g/mol. The Hall–Kier alpha value is -2.74. The number of amides is 2. The number of rotatable bonds is 6. The van der Waals surface area contributed by atoms with Gasteiger partial charge in [-0.15, -0.1) is 0 Å². The van der Waals surface area contributed by atoms with Gasteiger partial charge in [0.25, 0.3) is 0 Å². The van der Waals surface area contributed by atoms with Crippen LogP contribution in [0, 0.1) is 5.92 Å². The third kappa shape index (κ3) is 5.18. The van der Waals surface area contributed by atoms with Gasteiger partial charge in [0, 0.05) is 42.9 Å². The molecule has 1 saturated carbocycles. The van der Waals surface area contributed by atoms with Crippen molar-refractivity contribution in [3.63, 3.8) is 0 Å². The van der Waals surface area contributed by atoms with Crippen molar-refractivity contribution in [1.82, 2.24) is 10.3 Å². The third-order valence-corrected chi connectivity index (χ3v) is 8.68. The maximum absolute atomic E-state index is 13.2. The number of aromatic nitrogens is 1. The molecule has 0 bridgehead atoms. The number of aryl methyl sites for hydroxylation is 1. The van der Waals surface area contributed by atoms with Crippen molar-refractivity contribution in [3.8, 4) is 0 Å². The van der Waals surface area contributed by atoms with Crippen LogP contribution in [-0.2, 0) is 32.3 Å². The molecular weight excluding hydrogens is 426 g/mol. The van der Waals surface area contributed by atoms with E-state index in [4.69, 9.17) is 0 Å². The summed E-state index contributed by atoms with van der Waals surface area (Å²) < 4.78 is 26.5. The second-order valence-electron chi connectivity index (χ2n) is 8.60. The Kier molecular flexibility index (Phi) is 6.89. The quantitative estimate of drug-likeness (QED) is 0.697. The van der Waals surface area contributed by atoms with Gasteiger partial charge >= 0.3 is 0 Å². The molecule has 1 aliphatic heterocycles. The van der Waals surface area contributed by atoms with E-state index in [-0.39, 0.29) is 17.7 Å². The smallest absolute Gasteiger partial charge is 0.224 e. The zero-order valence-electron chi connectivity index (χ0n) is 18.0. The van der Waals surface area contributed by atoms with Crippen molar-refractivity contribution in [2.75, 3.05) is 11.9 Å². The Balaban J connectivity index is 1.32. The number of benzene rings is 1. The summed E-state index contributed by atoms with van der Waals surface area (Å²) in [5.41, 5.74) is 2.51. The molecule has 0 unspecified atom stereocenters. The topological polar surface area (TPSA) is 105 Å². The summed E-state index contributed by atoms with van der Waals surface area (Å²) in [5.74, 6) is -0.180. The number of nitrogens with one attached hydrogen (secondary N) is 2. The highest BCUT2D eigenvalue weighted by atomic mass is 32.2. The molecule has 170 valence electrons. The molecule has 2 amide bonds. The number of nitrogens with zero attached hydrogens (tertiary/aromatic N) is 1. The first-order valence-electron chi connectivity index (χ1n) is 11.3. The van der Waals surface area contributed by atoms with Gasteiger partial charge in [0.15, 0.2) is 9.84 Å². The largest absolute Gasteiger partial charge is 0.355 e. The first-order valence-corrected chi connectivity index (χ1v) is 12.8. The summed E-state index contributed by atoms with van der Waals surface area (Å²) in [5, 5.41) is 5.34. The number of hydrogen-bond donors (Lipinski definition) is 2. The SMILES string of the molecule is O=C1CCCc2cc(S(=O)(=O)C3CCC(C(=O)NCCc4ccccn4)CC3)ccc2N1. The number of sulfone groups is 1. The number of pyridine rings is 1. The van der Waals surface area contributed by atoms with Crippen LogP contribution in [0.3, 0.4) is 0 Å². The molecule has 1 aromatic heterocycles. The molecule has 0 spiro atoms. The number of fused-ring (bicyclic) bond motifs is 1. The second kappa shape index (κ2) is 9.81. The fraction of sp³-hybridized carbons (Fsp3) is 0.458. The summed E-state index contributed by atoms with van der Waals surface area (Å²) in [7, 11) is -3.48. The van der Waals surface area contributed by atoms with Crippen LogP contribution in [0.25, 0.3) is 0 Å². The van der Waals surface area contributed by atoms with Gasteiger partial charge in [-0.05, 0) is 74.4 Å². The Morgan fingerprint density at radius 1 is 1.09 bits per heavy atom. The first kappa shape index (κ1) is 22.5. The summed E-state index contributed by atoms with van der Waals surface area (Å²) in [6.45, 7) is 0.528. The Morgan fingerprint density at radius 2 is 1.91 bits per heavy atom. The summed E-state index contributed by atoms with van der Waals surface area (Å²) in [6, 6.07) is 10.7. The standard InChI is InChI=1S/C24H29N3O4S/c28-23-6-3-4-18-16-21(11-12-22(18)27-23)32(30,31)20-9-7-17(8-10-20)24(29)26-15-13-19-5-1-2-14-25-19/h1-2,5,11-12,14,16-17,20H,3-4,6-10,13,15H2,(H,26,29)(H,27,28). The second-order valence-corrected chi connectivity index (χ2v) is 10.8. The monoisotopic (exact) mass is 455 g/mol. The predicted octanol–water partition coefficient (Wildman–Crippen LogP) is 3.05. The maximum Gasteiger partial charge on any atom is 0.224 e. The minimum absolute atomic E-state index is 0.00227.